The molecule has 0 unspecified atom stereocenters. The van der Waals surface area contributed by atoms with Gasteiger partial charge in [-0.2, -0.15) is 0 Å². The highest BCUT2D eigenvalue weighted by molar-refractivity contribution is 5.95. The lowest BCUT2D eigenvalue weighted by Gasteiger charge is -2.35. The number of rotatable bonds is 3. The molecule has 2 aromatic carbocycles. The van der Waals surface area contributed by atoms with Gasteiger partial charge in [-0.1, -0.05) is 42.5 Å². The van der Waals surface area contributed by atoms with E-state index in [1.807, 2.05) is 60.4 Å². The second-order valence-electron chi connectivity index (χ2n) is 7.19. The number of aryl methyl sites for hydroxylation is 2. The highest BCUT2D eigenvalue weighted by Gasteiger charge is 2.23. The molecule has 28 heavy (non-hydrogen) atoms. The van der Waals surface area contributed by atoms with E-state index in [0.29, 0.717) is 13.1 Å². The van der Waals surface area contributed by atoms with Crippen LogP contribution in [-0.4, -0.2) is 47.2 Å². The van der Waals surface area contributed by atoms with Crippen LogP contribution >= 0.6 is 0 Å². The lowest BCUT2D eigenvalue weighted by atomic mass is 10.1. The van der Waals surface area contributed by atoms with E-state index in [2.05, 4.69) is 34.2 Å². The van der Waals surface area contributed by atoms with Gasteiger partial charge < -0.3 is 9.80 Å². The average molecular weight is 372 g/mol. The molecule has 0 radical (unpaired) electrons. The summed E-state index contributed by atoms with van der Waals surface area (Å²) < 4.78 is 0. The van der Waals surface area contributed by atoms with E-state index in [1.165, 1.54) is 5.56 Å². The number of amides is 1. The first-order valence-electron chi connectivity index (χ1n) is 9.63. The Morgan fingerprint density at radius 3 is 2.11 bits per heavy atom. The molecule has 1 aliphatic rings. The second kappa shape index (κ2) is 7.80. The summed E-state index contributed by atoms with van der Waals surface area (Å²) in [6, 6.07) is 20.0. The van der Waals surface area contributed by atoms with Gasteiger partial charge in [0.15, 0.2) is 5.82 Å². The fourth-order valence-corrected chi connectivity index (χ4v) is 3.62. The molecule has 142 valence electrons. The lowest BCUT2D eigenvalue weighted by Crippen LogP contribution is -2.49. The van der Waals surface area contributed by atoms with Crippen molar-refractivity contribution in [3.05, 3.63) is 77.4 Å². The summed E-state index contributed by atoms with van der Waals surface area (Å²) in [5.74, 6) is 0.971. The summed E-state index contributed by atoms with van der Waals surface area (Å²) in [5.41, 5.74) is 4.99. The van der Waals surface area contributed by atoms with Gasteiger partial charge in [0.05, 0.1) is 5.69 Å². The first kappa shape index (κ1) is 18.2. The SMILES string of the molecule is Cc1ccccc1C(=O)N1CCN(c2ccc(-c3ccccc3C)nn2)CC1. The Labute approximate surface area is 165 Å². The molecule has 1 amide bonds. The van der Waals surface area contributed by atoms with Gasteiger partial charge in [0.1, 0.15) is 0 Å². The van der Waals surface area contributed by atoms with Crippen molar-refractivity contribution >= 4 is 11.7 Å². The van der Waals surface area contributed by atoms with Crippen LogP contribution in [0.5, 0.6) is 0 Å². The van der Waals surface area contributed by atoms with Gasteiger partial charge in [-0.3, -0.25) is 4.79 Å². The van der Waals surface area contributed by atoms with Crippen molar-refractivity contribution < 1.29 is 4.79 Å². The standard InChI is InChI=1S/C23H24N4O/c1-17-7-3-5-9-19(17)21-11-12-22(25-24-21)26-13-15-27(16-14-26)23(28)20-10-6-4-8-18(20)2/h3-12H,13-16H2,1-2H3. The van der Waals surface area contributed by atoms with Crippen molar-refractivity contribution in [1.82, 2.24) is 15.1 Å². The Kier molecular flexibility index (Phi) is 5.06. The Bertz CT molecular complexity index is 976. The first-order chi connectivity index (χ1) is 13.6. The normalized spacial score (nSPS) is 14.2. The highest BCUT2D eigenvalue weighted by Crippen LogP contribution is 2.22. The van der Waals surface area contributed by atoms with Gasteiger partial charge in [0.25, 0.3) is 5.91 Å². The maximum atomic E-state index is 12.8. The fraction of sp³-hybridized carbons (Fsp3) is 0.261. The van der Waals surface area contributed by atoms with Gasteiger partial charge >= 0.3 is 0 Å². The molecule has 4 rings (SSSR count). The monoisotopic (exact) mass is 372 g/mol. The van der Waals surface area contributed by atoms with Gasteiger partial charge in [-0.05, 0) is 43.2 Å². The molecule has 1 saturated heterocycles. The van der Waals surface area contributed by atoms with E-state index in [-0.39, 0.29) is 5.91 Å². The molecule has 2 heterocycles. The zero-order valence-electron chi connectivity index (χ0n) is 16.3. The van der Waals surface area contributed by atoms with Crippen molar-refractivity contribution in [2.24, 2.45) is 0 Å². The largest absolute Gasteiger partial charge is 0.352 e. The van der Waals surface area contributed by atoms with Crippen LogP contribution < -0.4 is 4.90 Å². The van der Waals surface area contributed by atoms with E-state index in [4.69, 9.17) is 0 Å². The number of piperazine rings is 1. The van der Waals surface area contributed by atoms with Gasteiger partial charge in [0.2, 0.25) is 0 Å². The summed E-state index contributed by atoms with van der Waals surface area (Å²) in [5, 5.41) is 8.86. The molecular formula is C23H24N4O. The van der Waals surface area contributed by atoms with Crippen molar-refractivity contribution in [1.29, 1.82) is 0 Å². The third-order valence-electron chi connectivity index (χ3n) is 5.34. The topological polar surface area (TPSA) is 49.3 Å². The van der Waals surface area contributed by atoms with E-state index in [0.717, 1.165) is 41.3 Å². The minimum Gasteiger partial charge on any atom is -0.352 e. The molecular weight excluding hydrogens is 348 g/mol. The molecule has 0 saturated carbocycles. The van der Waals surface area contributed by atoms with E-state index in [1.54, 1.807) is 0 Å². The summed E-state index contributed by atoms with van der Waals surface area (Å²) in [4.78, 5) is 16.9. The Morgan fingerprint density at radius 1 is 0.786 bits per heavy atom. The molecule has 0 aliphatic carbocycles. The van der Waals surface area contributed by atoms with Crippen molar-refractivity contribution in [2.75, 3.05) is 31.1 Å². The third-order valence-corrected chi connectivity index (χ3v) is 5.34. The van der Waals surface area contributed by atoms with Crippen LogP contribution in [0.3, 0.4) is 0 Å². The summed E-state index contributed by atoms with van der Waals surface area (Å²) >= 11 is 0. The number of aromatic nitrogens is 2. The lowest BCUT2D eigenvalue weighted by molar-refractivity contribution is 0.0745. The number of carbonyl (C=O) groups is 1. The zero-order valence-corrected chi connectivity index (χ0v) is 16.3. The van der Waals surface area contributed by atoms with Gasteiger partial charge in [0, 0.05) is 37.3 Å². The van der Waals surface area contributed by atoms with E-state index >= 15 is 0 Å². The average Bonchev–Trinajstić information content (AvgIpc) is 2.74. The second-order valence-corrected chi connectivity index (χ2v) is 7.19. The smallest absolute Gasteiger partial charge is 0.254 e. The molecule has 1 aliphatic heterocycles. The molecule has 0 spiro atoms. The van der Waals surface area contributed by atoms with Crippen molar-refractivity contribution in [3.8, 4) is 11.3 Å². The molecule has 1 aromatic heterocycles. The highest BCUT2D eigenvalue weighted by atomic mass is 16.2. The number of nitrogens with zero attached hydrogens (tertiary/aromatic N) is 4. The van der Waals surface area contributed by atoms with Crippen LogP contribution in [0.1, 0.15) is 21.5 Å². The van der Waals surface area contributed by atoms with Crippen LogP contribution in [0.15, 0.2) is 60.7 Å². The number of hydrogen-bond acceptors (Lipinski definition) is 4. The molecule has 0 bridgehead atoms. The van der Waals surface area contributed by atoms with Crippen molar-refractivity contribution in [2.45, 2.75) is 13.8 Å². The van der Waals surface area contributed by atoms with Crippen LogP contribution in [0.2, 0.25) is 0 Å². The predicted molar refractivity (Wildman–Crippen MR) is 112 cm³/mol. The molecule has 0 N–H and O–H groups in total. The number of anilines is 1. The van der Waals surface area contributed by atoms with Crippen molar-refractivity contribution in [3.63, 3.8) is 0 Å². The zero-order chi connectivity index (χ0) is 19.5. The van der Waals surface area contributed by atoms with Crippen LogP contribution in [-0.2, 0) is 0 Å². The fourth-order valence-electron chi connectivity index (χ4n) is 3.62. The molecule has 5 heteroatoms. The Morgan fingerprint density at radius 2 is 1.46 bits per heavy atom. The van der Waals surface area contributed by atoms with Gasteiger partial charge in [-0.15, -0.1) is 10.2 Å². The summed E-state index contributed by atoms with van der Waals surface area (Å²) in [6.45, 7) is 6.96. The van der Waals surface area contributed by atoms with E-state index < -0.39 is 0 Å². The summed E-state index contributed by atoms with van der Waals surface area (Å²) in [7, 11) is 0. The predicted octanol–water partition coefficient (Wildman–Crippen LogP) is 3.72. The Hall–Kier alpha value is -3.21. The maximum absolute atomic E-state index is 12.8. The third kappa shape index (κ3) is 3.60. The first-order valence-corrected chi connectivity index (χ1v) is 9.63. The molecule has 5 nitrogen and oxygen atoms in total. The molecule has 3 aromatic rings. The molecule has 0 atom stereocenters. The van der Waals surface area contributed by atoms with E-state index in [9.17, 15) is 4.79 Å². The van der Waals surface area contributed by atoms with Gasteiger partial charge in [-0.25, -0.2) is 0 Å². The quantitative estimate of drug-likeness (QED) is 0.703. The number of carbonyl (C=O) groups excluding carboxylic acids is 1. The molecule has 1 fully saturated rings. The summed E-state index contributed by atoms with van der Waals surface area (Å²) in [6.07, 6.45) is 0. The van der Waals surface area contributed by atoms with Crippen LogP contribution in [0, 0.1) is 13.8 Å². The minimum absolute atomic E-state index is 0.110. The number of benzene rings is 2. The van der Waals surface area contributed by atoms with Crippen LogP contribution in [0.25, 0.3) is 11.3 Å². The minimum atomic E-state index is 0.110. The Balaban J connectivity index is 1.42. The van der Waals surface area contributed by atoms with Crippen LogP contribution in [0.4, 0.5) is 5.82 Å². The maximum Gasteiger partial charge on any atom is 0.254 e. The number of hydrogen-bond donors (Lipinski definition) is 0.